The van der Waals surface area contributed by atoms with Gasteiger partial charge in [-0.1, -0.05) is 0 Å². The highest BCUT2D eigenvalue weighted by Gasteiger charge is 2.11. The highest BCUT2D eigenvalue weighted by atomic mass is 16.6. The molecule has 0 aliphatic rings. The molecule has 8 heteroatoms. The largest absolute Gasteiger partial charge is 0.433 e. The summed E-state index contributed by atoms with van der Waals surface area (Å²) in [5, 5.41) is 16.0. The molecular weight excluding hydrogens is 254 g/mol. The Kier molecular flexibility index (Phi) is 6.55. The van der Waals surface area contributed by atoms with E-state index in [2.05, 4.69) is 10.6 Å². The van der Waals surface area contributed by atoms with Crippen molar-refractivity contribution in [3.05, 3.63) is 28.0 Å². The van der Waals surface area contributed by atoms with E-state index in [-0.39, 0.29) is 11.8 Å². The highest BCUT2D eigenvalue weighted by molar-refractivity contribution is 5.75. The minimum Gasteiger partial charge on any atom is -0.404 e. The first-order valence-electron chi connectivity index (χ1n) is 5.83. The van der Waals surface area contributed by atoms with Crippen molar-refractivity contribution in [1.82, 2.24) is 10.6 Å². The fourth-order valence-corrected chi connectivity index (χ4v) is 1.35. The van der Waals surface area contributed by atoms with Crippen molar-refractivity contribution in [1.29, 1.82) is 0 Å². The van der Waals surface area contributed by atoms with Crippen LogP contribution in [0.5, 0.6) is 0 Å². The Morgan fingerprint density at radius 2 is 2.26 bits per heavy atom. The lowest BCUT2D eigenvalue weighted by Gasteiger charge is -2.04. The number of nitrogens with one attached hydrogen (secondary N) is 2. The molecule has 106 valence electrons. The number of carbonyl (C=O) groups excluding carboxylic acids is 1. The monoisotopic (exact) mass is 271 g/mol. The van der Waals surface area contributed by atoms with Crippen LogP contribution in [0.3, 0.4) is 0 Å². The molecule has 19 heavy (non-hydrogen) atoms. The molecule has 0 unspecified atom stereocenters. The van der Waals surface area contributed by atoms with Crippen molar-refractivity contribution in [2.45, 2.75) is 13.0 Å². The van der Waals surface area contributed by atoms with Gasteiger partial charge in [0, 0.05) is 26.6 Å². The van der Waals surface area contributed by atoms with Gasteiger partial charge in [-0.05, 0) is 6.07 Å². The standard InChI is InChI=1S/C11H17N3O5/c1-18-7-6-13-10(15)4-5-12-8-9-2-3-11(19-9)14(16)17/h2-3,12H,4-8H2,1H3,(H,13,15). The summed E-state index contributed by atoms with van der Waals surface area (Å²) in [7, 11) is 1.57. The summed E-state index contributed by atoms with van der Waals surface area (Å²) in [5.41, 5.74) is 0. The molecule has 0 spiro atoms. The summed E-state index contributed by atoms with van der Waals surface area (Å²) < 4.78 is 9.75. The minimum absolute atomic E-state index is 0.0741. The van der Waals surface area contributed by atoms with E-state index >= 15 is 0 Å². The van der Waals surface area contributed by atoms with Gasteiger partial charge in [0.15, 0.2) is 0 Å². The third-order valence-electron chi connectivity index (χ3n) is 2.28. The van der Waals surface area contributed by atoms with E-state index in [1.807, 2.05) is 0 Å². The lowest BCUT2D eigenvalue weighted by atomic mass is 10.3. The smallest absolute Gasteiger partial charge is 0.404 e. The van der Waals surface area contributed by atoms with Crippen LogP contribution in [0.2, 0.25) is 0 Å². The second-order valence-electron chi connectivity index (χ2n) is 3.77. The molecule has 0 radical (unpaired) electrons. The number of hydrogen-bond donors (Lipinski definition) is 2. The molecule has 0 aliphatic carbocycles. The van der Waals surface area contributed by atoms with Gasteiger partial charge in [-0.3, -0.25) is 14.9 Å². The number of amides is 1. The highest BCUT2D eigenvalue weighted by Crippen LogP contribution is 2.14. The van der Waals surface area contributed by atoms with Gasteiger partial charge in [-0.2, -0.15) is 0 Å². The average Bonchev–Trinajstić information content (AvgIpc) is 2.84. The number of rotatable bonds is 9. The Morgan fingerprint density at radius 3 is 2.89 bits per heavy atom. The number of ether oxygens (including phenoxy) is 1. The van der Waals surface area contributed by atoms with Crippen LogP contribution in [0.1, 0.15) is 12.2 Å². The molecule has 0 saturated carbocycles. The molecule has 1 aromatic rings. The summed E-state index contributed by atoms with van der Waals surface area (Å²) in [4.78, 5) is 21.1. The van der Waals surface area contributed by atoms with Crippen LogP contribution in [-0.4, -0.2) is 37.6 Å². The van der Waals surface area contributed by atoms with Crippen molar-refractivity contribution in [3.8, 4) is 0 Å². The molecule has 0 aromatic carbocycles. The molecule has 0 atom stereocenters. The average molecular weight is 271 g/mol. The van der Waals surface area contributed by atoms with Gasteiger partial charge >= 0.3 is 5.88 Å². The predicted molar refractivity (Wildman–Crippen MR) is 66.6 cm³/mol. The fourth-order valence-electron chi connectivity index (χ4n) is 1.35. The maximum atomic E-state index is 11.3. The van der Waals surface area contributed by atoms with Crippen LogP contribution < -0.4 is 10.6 Å². The Hall–Kier alpha value is -1.93. The molecule has 8 nitrogen and oxygen atoms in total. The van der Waals surface area contributed by atoms with Crippen LogP contribution in [-0.2, 0) is 16.1 Å². The van der Waals surface area contributed by atoms with Crippen LogP contribution in [0.4, 0.5) is 5.88 Å². The third kappa shape index (κ3) is 5.98. The van der Waals surface area contributed by atoms with Gasteiger partial charge in [0.1, 0.15) is 10.7 Å². The molecule has 0 fully saturated rings. The predicted octanol–water partition coefficient (Wildman–Crippen LogP) is 0.430. The number of furan rings is 1. The minimum atomic E-state index is -0.591. The van der Waals surface area contributed by atoms with Crippen molar-refractivity contribution in [2.75, 3.05) is 26.8 Å². The first-order valence-corrected chi connectivity index (χ1v) is 5.83. The maximum Gasteiger partial charge on any atom is 0.433 e. The maximum absolute atomic E-state index is 11.3. The first kappa shape index (κ1) is 15.1. The van der Waals surface area contributed by atoms with Crippen LogP contribution in [0.15, 0.2) is 16.5 Å². The molecule has 0 bridgehead atoms. The summed E-state index contributed by atoms with van der Waals surface area (Å²) >= 11 is 0. The SMILES string of the molecule is COCCNC(=O)CCNCc1ccc([N+](=O)[O-])o1. The first-order chi connectivity index (χ1) is 9.13. The molecule has 1 aromatic heterocycles. The van der Waals surface area contributed by atoms with Crippen LogP contribution >= 0.6 is 0 Å². The van der Waals surface area contributed by atoms with Crippen molar-refractivity contribution < 1.29 is 18.9 Å². The van der Waals surface area contributed by atoms with E-state index in [1.165, 1.54) is 12.1 Å². The second-order valence-corrected chi connectivity index (χ2v) is 3.77. The molecular formula is C11H17N3O5. The molecule has 0 saturated heterocycles. The lowest BCUT2D eigenvalue weighted by molar-refractivity contribution is -0.402. The third-order valence-corrected chi connectivity index (χ3v) is 2.28. The summed E-state index contributed by atoms with van der Waals surface area (Å²) in [5.74, 6) is 0.107. The number of methoxy groups -OCH3 is 1. The molecule has 1 rings (SSSR count). The zero-order valence-electron chi connectivity index (χ0n) is 10.7. The molecule has 1 heterocycles. The van der Waals surface area contributed by atoms with Gasteiger partial charge < -0.3 is 19.8 Å². The second kappa shape index (κ2) is 8.22. The van der Waals surface area contributed by atoms with Crippen molar-refractivity contribution in [3.63, 3.8) is 0 Å². The lowest BCUT2D eigenvalue weighted by Crippen LogP contribution is -2.29. The van der Waals surface area contributed by atoms with Gasteiger partial charge in [-0.15, -0.1) is 0 Å². The number of nitro groups is 1. The van der Waals surface area contributed by atoms with E-state index in [0.717, 1.165) is 0 Å². The van der Waals surface area contributed by atoms with E-state index in [9.17, 15) is 14.9 Å². The number of nitrogens with zero attached hydrogens (tertiary/aromatic N) is 1. The topological polar surface area (TPSA) is 107 Å². The zero-order chi connectivity index (χ0) is 14.1. The van der Waals surface area contributed by atoms with Gasteiger partial charge in [0.2, 0.25) is 5.91 Å². The Labute approximate surface area is 110 Å². The normalized spacial score (nSPS) is 10.4. The zero-order valence-corrected chi connectivity index (χ0v) is 10.7. The van der Waals surface area contributed by atoms with Crippen molar-refractivity contribution >= 4 is 11.8 Å². The number of carbonyl (C=O) groups is 1. The van der Waals surface area contributed by atoms with Crippen LogP contribution in [0, 0.1) is 10.1 Å². The molecule has 1 amide bonds. The summed E-state index contributed by atoms with van der Waals surface area (Å²) in [6, 6.07) is 2.83. The molecule has 2 N–H and O–H groups in total. The van der Waals surface area contributed by atoms with E-state index < -0.39 is 4.92 Å². The fraction of sp³-hybridized carbons (Fsp3) is 0.545. The van der Waals surface area contributed by atoms with Gasteiger partial charge in [0.25, 0.3) is 0 Å². The van der Waals surface area contributed by atoms with E-state index in [1.54, 1.807) is 7.11 Å². The van der Waals surface area contributed by atoms with E-state index in [4.69, 9.17) is 9.15 Å². The summed E-state index contributed by atoms with van der Waals surface area (Å²) in [6.45, 7) is 1.78. The molecule has 0 aliphatic heterocycles. The van der Waals surface area contributed by atoms with Gasteiger partial charge in [-0.25, -0.2) is 0 Å². The Bertz CT molecular complexity index is 418. The summed E-state index contributed by atoms with van der Waals surface area (Å²) in [6.07, 6.45) is 0.326. The van der Waals surface area contributed by atoms with Crippen molar-refractivity contribution in [2.24, 2.45) is 0 Å². The van der Waals surface area contributed by atoms with E-state index in [0.29, 0.717) is 38.4 Å². The Morgan fingerprint density at radius 1 is 1.47 bits per heavy atom. The van der Waals surface area contributed by atoms with Crippen LogP contribution in [0.25, 0.3) is 0 Å². The quantitative estimate of drug-likeness (QED) is 0.383. The Balaban J connectivity index is 2.13. The number of hydrogen-bond acceptors (Lipinski definition) is 6. The van der Waals surface area contributed by atoms with Gasteiger partial charge in [0.05, 0.1) is 19.2 Å².